The summed E-state index contributed by atoms with van der Waals surface area (Å²) in [7, 11) is 0. The molecule has 4 aromatic rings. The summed E-state index contributed by atoms with van der Waals surface area (Å²) in [5.41, 5.74) is 6.01. The molecule has 112 valence electrons. The molecule has 0 saturated heterocycles. The van der Waals surface area contributed by atoms with Crippen molar-refractivity contribution in [1.82, 2.24) is 9.97 Å². The summed E-state index contributed by atoms with van der Waals surface area (Å²) in [6.07, 6.45) is 0. The van der Waals surface area contributed by atoms with E-state index in [4.69, 9.17) is 5.73 Å². The fourth-order valence-corrected chi connectivity index (χ4v) is 3.64. The Bertz CT molecular complexity index is 1090. The van der Waals surface area contributed by atoms with Crippen LogP contribution < -0.4 is 11.3 Å². The topological polar surface area (TPSA) is 71.8 Å². The van der Waals surface area contributed by atoms with Gasteiger partial charge < -0.3 is 5.73 Å². The quantitative estimate of drug-likeness (QED) is 0.589. The first-order valence-corrected chi connectivity index (χ1v) is 7.97. The van der Waals surface area contributed by atoms with Crippen LogP contribution in [0.15, 0.2) is 75.2 Å². The van der Waals surface area contributed by atoms with E-state index in [0.717, 1.165) is 9.79 Å². The van der Waals surface area contributed by atoms with Gasteiger partial charge in [-0.05, 0) is 35.0 Å². The number of rotatable bonds is 2. The number of hydrogen-bond acceptors (Lipinski definition) is 4. The van der Waals surface area contributed by atoms with E-state index in [-0.39, 0.29) is 11.5 Å². The summed E-state index contributed by atoms with van der Waals surface area (Å²) >= 11 is 1.55. The van der Waals surface area contributed by atoms with Crippen molar-refractivity contribution >= 4 is 39.4 Å². The van der Waals surface area contributed by atoms with Crippen LogP contribution in [0.3, 0.4) is 0 Å². The molecule has 0 fully saturated rings. The Hall–Kier alpha value is -2.79. The molecule has 0 aliphatic carbocycles. The maximum atomic E-state index is 12.2. The smallest absolute Gasteiger partial charge is 0.261 e. The maximum Gasteiger partial charge on any atom is 0.261 e. The molecule has 1 aromatic heterocycles. The van der Waals surface area contributed by atoms with Gasteiger partial charge in [-0.3, -0.25) is 9.78 Å². The van der Waals surface area contributed by atoms with E-state index in [9.17, 15) is 4.79 Å². The lowest BCUT2D eigenvalue weighted by Crippen LogP contribution is -2.11. The molecule has 5 heteroatoms. The molecule has 0 radical (unpaired) electrons. The van der Waals surface area contributed by atoms with Crippen LogP contribution in [0.2, 0.25) is 0 Å². The fourth-order valence-electron chi connectivity index (χ4n) is 2.62. The largest absolute Gasteiger partial charge is 0.369 e. The molecule has 1 heterocycles. The first-order chi connectivity index (χ1) is 11.2. The number of fused-ring (bicyclic) bond motifs is 2. The summed E-state index contributed by atoms with van der Waals surface area (Å²) in [6.45, 7) is 0. The summed E-state index contributed by atoms with van der Waals surface area (Å²) < 4.78 is 0. The molecule has 0 aliphatic rings. The SMILES string of the molecule is Nc1nc2cccc(Sc3ccc4ccccc4c3)c2c(=O)[nH]1. The van der Waals surface area contributed by atoms with Crippen molar-refractivity contribution < 1.29 is 0 Å². The van der Waals surface area contributed by atoms with Gasteiger partial charge in [0.2, 0.25) is 5.95 Å². The second-order valence-electron chi connectivity index (χ2n) is 5.21. The number of aromatic nitrogens is 2. The molecule has 0 aliphatic heterocycles. The van der Waals surface area contributed by atoms with E-state index < -0.39 is 0 Å². The number of hydrogen-bond donors (Lipinski definition) is 2. The van der Waals surface area contributed by atoms with E-state index in [1.165, 1.54) is 10.8 Å². The van der Waals surface area contributed by atoms with Crippen LogP contribution in [0.4, 0.5) is 5.95 Å². The van der Waals surface area contributed by atoms with E-state index in [1.54, 1.807) is 17.8 Å². The Kier molecular flexibility index (Phi) is 3.28. The summed E-state index contributed by atoms with van der Waals surface area (Å²) in [5, 5.41) is 2.94. The second kappa shape index (κ2) is 5.44. The number of nitrogen functional groups attached to an aromatic ring is 1. The third-order valence-electron chi connectivity index (χ3n) is 3.66. The highest BCUT2D eigenvalue weighted by Gasteiger charge is 2.09. The van der Waals surface area contributed by atoms with Crippen LogP contribution in [0.25, 0.3) is 21.7 Å². The standard InChI is InChI=1S/C18H13N3OS/c19-18-20-14-6-3-7-15(16(14)17(22)21-18)23-13-9-8-11-4-1-2-5-12(11)10-13/h1-10H,(H3,19,20,21,22). The van der Waals surface area contributed by atoms with Crippen molar-refractivity contribution in [3.8, 4) is 0 Å². The third kappa shape index (κ3) is 2.55. The average molecular weight is 319 g/mol. The molecule has 4 nitrogen and oxygen atoms in total. The molecule has 0 amide bonds. The zero-order chi connectivity index (χ0) is 15.8. The van der Waals surface area contributed by atoms with Gasteiger partial charge in [0.15, 0.2) is 0 Å². The number of aromatic amines is 1. The Morgan fingerprint density at radius 2 is 1.78 bits per heavy atom. The van der Waals surface area contributed by atoms with Crippen LogP contribution in [-0.4, -0.2) is 9.97 Å². The predicted octanol–water partition coefficient (Wildman–Crippen LogP) is 3.81. The fraction of sp³-hybridized carbons (Fsp3) is 0. The van der Waals surface area contributed by atoms with E-state index in [0.29, 0.717) is 10.9 Å². The van der Waals surface area contributed by atoms with Gasteiger partial charge in [0, 0.05) is 9.79 Å². The molecule has 4 rings (SSSR count). The number of nitrogens with one attached hydrogen (secondary N) is 1. The van der Waals surface area contributed by atoms with Gasteiger partial charge in [0.05, 0.1) is 10.9 Å². The van der Waals surface area contributed by atoms with Crippen molar-refractivity contribution in [1.29, 1.82) is 0 Å². The highest BCUT2D eigenvalue weighted by Crippen LogP contribution is 2.33. The Labute approximate surface area is 136 Å². The van der Waals surface area contributed by atoms with Gasteiger partial charge in [-0.25, -0.2) is 4.98 Å². The van der Waals surface area contributed by atoms with Crippen molar-refractivity contribution in [2.75, 3.05) is 5.73 Å². The van der Waals surface area contributed by atoms with Crippen molar-refractivity contribution in [3.63, 3.8) is 0 Å². The Morgan fingerprint density at radius 1 is 0.957 bits per heavy atom. The molecular weight excluding hydrogens is 306 g/mol. The van der Waals surface area contributed by atoms with Gasteiger partial charge in [-0.2, -0.15) is 0 Å². The molecular formula is C18H13N3OS. The number of nitrogens with two attached hydrogens (primary N) is 1. The molecule has 0 bridgehead atoms. The van der Waals surface area contributed by atoms with Crippen LogP contribution in [0.1, 0.15) is 0 Å². The number of H-pyrrole nitrogens is 1. The molecule has 0 unspecified atom stereocenters. The second-order valence-corrected chi connectivity index (χ2v) is 6.33. The molecule has 23 heavy (non-hydrogen) atoms. The molecule has 0 spiro atoms. The van der Waals surface area contributed by atoms with Crippen molar-refractivity contribution in [2.24, 2.45) is 0 Å². The Balaban J connectivity index is 1.84. The average Bonchev–Trinajstić information content (AvgIpc) is 2.54. The highest BCUT2D eigenvalue weighted by atomic mass is 32.2. The Morgan fingerprint density at radius 3 is 2.65 bits per heavy atom. The van der Waals surface area contributed by atoms with Gasteiger partial charge in [0.1, 0.15) is 0 Å². The monoisotopic (exact) mass is 319 g/mol. The molecule has 3 N–H and O–H groups in total. The number of benzene rings is 3. The van der Waals surface area contributed by atoms with E-state index in [2.05, 4.69) is 40.3 Å². The van der Waals surface area contributed by atoms with Crippen LogP contribution in [-0.2, 0) is 0 Å². The first kappa shape index (κ1) is 13.8. The normalized spacial score (nSPS) is 11.1. The zero-order valence-electron chi connectivity index (χ0n) is 12.1. The van der Waals surface area contributed by atoms with Crippen molar-refractivity contribution in [2.45, 2.75) is 9.79 Å². The lowest BCUT2D eigenvalue weighted by atomic mass is 10.1. The van der Waals surface area contributed by atoms with Gasteiger partial charge in [-0.1, -0.05) is 48.2 Å². The van der Waals surface area contributed by atoms with E-state index in [1.807, 2.05) is 24.3 Å². The van der Waals surface area contributed by atoms with Crippen LogP contribution in [0, 0.1) is 0 Å². The van der Waals surface area contributed by atoms with E-state index >= 15 is 0 Å². The minimum absolute atomic E-state index is 0.135. The maximum absolute atomic E-state index is 12.2. The minimum Gasteiger partial charge on any atom is -0.369 e. The summed E-state index contributed by atoms with van der Waals surface area (Å²) in [6, 6.07) is 20.1. The zero-order valence-corrected chi connectivity index (χ0v) is 12.9. The van der Waals surface area contributed by atoms with Gasteiger partial charge >= 0.3 is 0 Å². The summed E-state index contributed by atoms with van der Waals surface area (Å²) in [4.78, 5) is 20.9. The lowest BCUT2D eigenvalue weighted by molar-refractivity contribution is 1.18. The number of anilines is 1. The van der Waals surface area contributed by atoms with Crippen LogP contribution in [0.5, 0.6) is 0 Å². The minimum atomic E-state index is -0.212. The molecule has 3 aromatic carbocycles. The lowest BCUT2D eigenvalue weighted by Gasteiger charge is -2.07. The number of nitrogens with zero attached hydrogens (tertiary/aromatic N) is 1. The van der Waals surface area contributed by atoms with Gasteiger partial charge in [0.25, 0.3) is 5.56 Å². The van der Waals surface area contributed by atoms with Crippen LogP contribution >= 0.6 is 11.8 Å². The summed E-state index contributed by atoms with van der Waals surface area (Å²) in [5.74, 6) is 0.135. The first-order valence-electron chi connectivity index (χ1n) is 7.16. The van der Waals surface area contributed by atoms with Crippen molar-refractivity contribution in [3.05, 3.63) is 71.0 Å². The molecule has 0 saturated carbocycles. The highest BCUT2D eigenvalue weighted by molar-refractivity contribution is 7.99. The van der Waals surface area contributed by atoms with Gasteiger partial charge in [-0.15, -0.1) is 0 Å². The molecule has 0 atom stereocenters. The predicted molar refractivity (Wildman–Crippen MR) is 94.8 cm³/mol. The third-order valence-corrected chi connectivity index (χ3v) is 4.71.